The predicted octanol–water partition coefficient (Wildman–Crippen LogP) is 1.68. The standard InChI is InChI=1S/C18H20N4O2/c1-3-11-9-22(10-11)14-6-4-5-12(17(14)20-2)16(19)13-7-8-15(23)21-18(13)24/h4-6,13,19-20H,1,7-10H2,2H3,(H,21,23,24). The van der Waals surface area contributed by atoms with E-state index in [1.807, 2.05) is 25.2 Å². The predicted molar refractivity (Wildman–Crippen MR) is 93.6 cm³/mol. The molecule has 2 aliphatic heterocycles. The number of para-hydroxylation sites is 1. The lowest BCUT2D eigenvalue weighted by Gasteiger charge is -2.37. The van der Waals surface area contributed by atoms with Crippen LogP contribution in [0.15, 0.2) is 36.1 Å². The Labute approximate surface area is 140 Å². The first-order valence-corrected chi connectivity index (χ1v) is 7.91. The molecule has 0 aromatic heterocycles. The summed E-state index contributed by atoms with van der Waals surface area (Å²) in [5, 5.41) is 14.0. The van der Waals surface area contributed by atoms with Crippen molar-refractivity contribution in [1.82, 2.24) is 5.32 Å². The minimum Gasteiger partial charge on any atom is -0.386 e. The van der Waals surface area contributed by atoms with Crippen LogP contribution in [0.4, 0.5) is 11.4 Å². The van der Waals surface area contributed by atoms with Gasteiger partial charge in [-0.3, -0.25) is 14.9 Å². The van der Waals surface area contributed by atoms with Gasteiger partial charge in [-0.25, -0.2) is 0 Å². The SMILES string of the molecule is C=C=C1CN(c2cccc(C(=N)C3CCC(=O)NC3=O)c2NC)C1. The van der Waals surface area contributed by atoms with Gasteiger partial charge in [0.1, 0.15) is 0 Å². The highest BCUT2D eigenvalue weighted by atomic mass is 16.2. The van der Waals surface area contributed by atoms with E-state index in [0.717, 1.165) is 30.0 Å². The lowest BCUT2D eigenvalue weighted by atomic mass is 9.88. The van der Waals surface area contributed by atoms with Gasteiger partial charge < -0.3 is 15.6 Å². The zero-order chi connectivity index (χ0) is 17.3. The maximum Gasteiger partial charge on any atom is 0.235 e. The first kappa shape index (κ1) is 16.0. The fraction of sp³-hybridized carbons (Fsp3) is 0.333. The number of imide groups is 1. The summed E-state index contributed by atoms with van der Waals surface area (Å²) in [7, 11) is 1.81. The third kappa shape index (κ3) is 2.72. The smallest absolute Gasteiger partial charge is 0.235 e. The van der Waals surface area contributed by atoms with E-state index < -0.39 is 5.92 Å². The molecule has 1 aromatic carbocycles. The molecule has 124 valence electrons. The van der Waals surface area contributed by atoms with Crippen LogP contribution in [0.1, 0.15) is 18.4 Å². The van der Waals surface area contributed by atoms with E-state index in [-0.39, 0.29) is 23.9 Å². The summed E-state index contributed by atoms with van der Waals surface area (Å²) >= 11 is 0. The number of amides is 2. The first-order chi connectivity index (χ1) is 11.5. The van der Waals surface area contributed by atoms with E-state index in [4.69, 9.17) is 5.41 Å². The molecule has 0 saturated carbocycles. The highest BCUT2D eigenvalue weighted by molar-refractivity contribution is 6.18. The summed E-state index contributed by atoms with van der Waals surface area (Å²) in [6.07, 6.45) is 0.650. The van der Waals surface area contributed by atoms with Gasteiger partial charge >= 0.3 is 0 Å². The van der Waals surface area contributed by atoms with Crippen molar-refractivity contribution in [2.24, 2.45) is 5.92 Å². The molecule has 3 N–H and O–H groups in total. The first-order valence-electron chi connectivity index (χ1n) is 7.91. The van der Waals surface area contributed by atoms with Crippen molar-refractivity contribution < 1.29 is 9.59 Å². The third-order valence-corrected chi connectivity index (χ3v) is 4.52. The van der Waals surface area contributed by atoms with E-state index in [0.29, 0.717) is 12.0 Å². The maximum atomic E-state index is 12.1. The van der Waals surface area contributed by atoms with Crippen molar-refractivity contribution in [2.75, 3.05) is 30.4 Å². The number of piperidine rings is 1. The van der Waals surface area contributed by atoms with Gasteiger partial charge in [0.2, 0.25) is 11.8 Å². The molecule has 2 heterocycles. The summed E-state index contributed by atoms with van der Waals surface area (Å²) in [5.41, 5.74) is 6.83. The van der Waals surface area contributed by atoms with Gasteiger partial charge in [-0.2, -0.15) is 0 Å². The highest BCUT2D eigenvalue weighted by Crippen LogP contribution is 2.35. The molecule has 1 aromatic rings. The molecule has 24 heavy (non-hydrogen) atoms. The minimum atomic E-state index is -0.593. The van der Waals surface area contributed by atoms with Gasteiger partial charge in [0.25, 0.3) is 0 Å². The fourth-order valence-electron chi connectivity index (χ4n) is 3.14. The summed E-state index contributed by atoms with van der Waals surface area (Å²) in [4.78, 5) is 25.5. The number of nitrogens with one attached hydrogen (secondary N) is 3. The number of rotatable bonds is 4. The number of carbonyl (C=O) groups is 2. The lowest BCUT2D eigenvalue weighted by Crippen LogP contribution is -2.44. The molecule has 1 atom stereocenters. The van der Waals surface area contributed by atoms with E-state index in [1.165, 1.54) is 0 Å². The van der Waals surface area contributed by atoms with Gasteiger partial charge in [0.15, 0.2) is 0 Å². The fourth-order valence-corrected chi connectivity index (χ4v) is 3.14. The molecule has 1 unspecified atom stereocenters. The number of anilines is 2. The molecular formula is C18H20N4O2. The lowest BCUT2D eigenvalue weighted by molar-refractivity contribution is -0.134. The van der Waals surface area contributed by atoms with Gasteiger partial charge in [-0.15, -0.1) is 5.73 Å². The summed E-state index contributed by atoms with van der Waals surface area (Å²) in [6, 6.07) is 5.72. The van der Waals surface area contributed by atoms with Gasteiger partial charge in [-0.1, -0.05) is 18.7 Å². The van der Waals surface area contributed by atoms with Crippen molar-refractivity contribution in [3.05, 3.63) is 41.6 Å². The average Bonchev–Trinajstić information content (AvgIpc) is 2.53. The minimum absolute atomic E-state index is 0.242. The van der Waals surface area contributed by atoms with Gasteiger partial charge in [0.05, 0.1) is 23.0 Å². The van der Waals surface area contributed by atoms with Crippen molar-refractivity contribution in [2.45, 2.75) is 12.8 Å². The molecular weight excluding hydrogens is 304 g/mol. The third-order valence-electron chi connectivity index (χ3n) is 4.52. The van der Waals surface area contributed by atoms with Crippen LogP contribution in [0.5, 0.6) is 0 Å². The van der Waals surface area contributed by atoms with Crippen LogP contribution < -0.4 is 15.5 Å². The zero-order valence-electron chi connectivity index (χ0n) is 13.6. The quantitative estimate of drug-likeness (QED) is 0.447. The molecule has 6 nitrogen and oxygen atoms in total. The molecule has 6 heteroatoms. The number of carbonyl (C=O) groups excluding carboxylic acids is 2. The van der Waals surface area contributed by atoms with E-state index in [1.54, 1.807) is 0 Å². The molecule has 2 fully saturated rings. The van der Waals surface area contributed by atoms with E-state index in [2.05, 4.69) is 27.8 Å². The number of hydrogen-bond acceptors (Lipinski definition) is 5. The molecule has 0 radical (unpaired) electrons. The van der Waals surface area contributed by atoms with Crippen LogP contribution in [0, 0.1) is 11.3 Å². The van der Waals surface area contributed by atoms with Crippen molar-refractivity contribution in [3.8, 4) is 0 Å². The number of benzene rings is 1. The molecule has 0 spiro atoms. The Morgan fingerprint density at radius 3 is 2.79 bits per heavy atom. The number of hydrogen-bond donors (Lipinski definition) is 3. The maximum absolute atomic E-state index is 12.1. The van der Waals surface area contributed by atoms with Gasteiger partial charge in [-0.05, 0) is 12.5 Å². The van der Waals surface area contributed by atoms with Gasteiger partial charge in [0, 0.05) is 37.7 Å². The Balaban J connectivity index is 1.90. The summed E-state index contributed by atoms with van der Waals surface area (Å²) in [6.45, 7) is 5.21. The van der Waals surface area contributed by atoms with Crippen LogP contribution >= 0.6 is 0 Å². The van der Waals surface area contributed by atoms with Crippen molar-refractivity contribution >= 4 is 28.9 Å². The molecule has 0 aliphatic carbocycles. The Bertz CT molecular complexity index is 769. The van der Waals surface area contributed by atoms with Crippen LogP contribution in [-0.4, -0.2) is 37.7 Å². The number of nitrogens with zero attached hydrogens (tertiary/aromatic N) is 1. The highest BCUT2D eigenvalue weighted by Gasteiger charge is 2.32. The molecule has 0 bridgehead atoms. The largest absolute Gasteiger partial charge is 0.386 e. The second-order valence-corrected chi connectivity index (χ2v) is 6.00. The Morgan fingerprint density at radius 2 is 2.17 bits per heavy atom. The molecule has 2 amide bonds. The Hall–Kier alpha value is -2.85. The van der Waals surface area contributed by atoms with E-state index >= 15 is 0 Å². The van der Waals surface area contributed by atoms with Crippen LogP contribution in [0.25, 0.3) is 0 Å². The summed E-state index contributed by atoms with van der Waals surface area (Å²) < 4.78 is 0. The zero-order valence-corrected chi connectivity index (χ0v) is 13.6. The monoisotopic (exact) mass is 324 g/mol. The second kappa shape index (κ2) is 6.34. The Morgan fingerprint density at radius 1 is 1.42 bits per heavy atom. The molecule has 2 aliphatic rings. The molecule has 3 rings (SSSR count). The molecule has 2 saturated heterocycles. The average molecular weight is 324 g/mol. The Kier molecular flexibility index (Phi) is 4.23. The van der Waals surface area contributed by atoms with Crippen LogP contribution in [0.3, 0.4) is 0 Å². The van der Waals surface area contributed by atoms with E-state index in [9.17, 15) is 9.59 Å². The van der Waals surface area contributed by atoms with Crippen LogP contribution in [-0.2, 0) is 9.59 Å². The topological polar surface area (TPSA) is 85.3 Å². The van der Waals surface area contributed by atoms with Crippen LogP contribution in [0.2, 0.25) is 0 Å². The second-order valence-electron chi connectivity index (χ2n) is 6.00. The van der Waals surface area contributed by atoms with Crippen molar-refractivity contribution in [3.63, 3.8) is 0 Å². The summed E-state index contributed by atoms with van der Waals surface area (Å²) in [5.74, 6) is -1.24. The normalized spacial score (nSPS) is 20.1. The van der Waals surface area contributed by atoms with Crippen molar-refractivity contribution in [1.29, 1.82) is 5.41 Å².